The van der Waals surface area contributed by atoms with Crippen LogP contribution in [0.1, 0.15) is 28.8 Å². The molecule has 0 unspecified atom stereocenters. The number of benzene rings is 4. The van der Waals surface area contributed by atoms with Crippen LogP contribution in [0.4, 0.5) is 0 Å². The largest absolute Gasteiger partial charge is 0.497 e. The van der Waals surface area contributed by atoms with Gasteiger partial charge >= 0.3 is 5.97 Å². The summed E-state index contributed by atoms with van der Waals surface area (Å²) in [5.74, 6) is -0.858. The Morgan fingerprint density at radius 1 is 0.800 bits per heavy atom. The highest BCUT2D eigenvalue weighted by atomic mass is 16.5. The summed E-state index contributed by atoms with van der Waals surface area (Å²) in [6.07, 6.45) is -0.206. The summed E-state index contributed by atoms with van der Waals surface area (Å²) >= 11 is 0. The molecule has 0 aliphatic heterocycles. The van der Waals surface area contributed by atoms with Gasteiger partial charge in [0.15, 0.2) is 0 Å². The van der Waals surface area contributed by atoms with Gasteiger partial charge in [0, 0.05) is 12.0 Å². The summed E-state index contributed by atoms with van der Waals surface area (Å²) in [5.41, 5.74) is 10.4. The maximum Gasteiger partial charge on any atom is 0.326 e. The summed E-state index contributed by atoms with van der Waals surface area (Å²) in [6.45, 7) is 0.414. The van der Waals surface area contributed by atoms with Gasteiger partial charge in [0.2, 0.25) is 5.91 Å². The van der Waals surface area contributed by atoms with Crippen molar-refractivity contribution >= 4 is 17.8 Å². The number of hydrogen-bond donors (Lipinski definition) is 3. The van der Waals surface area contributed by atoms with Gasteiger partial charge in [0.25, 0.3) is 5.91 Å². The topological polar surface area (TPSA) is 128 Å². The van der Waals surface area contributed by atoms with E-state index in [0.717, 1.165) is 39.3 Å². The lowest BCUT2D eigenvalue weighted by molar-refractivity contribution is -0.139. The van der Waals surface area contributed by atoms with Gasteiger partial charge in [-0.2, -0.15) is 0 Å². The molecule has 4 rings (SSSR count). The Labute approximate surface area is 232 Å². The molecule has 204 valence electrons. The first-order chi connectivity index (χ1) is 19.3. The number of rotatable bonds is 12. The number of methoxy groups -OCH3 is 1. The molecule has 4 aromatic rings. The maximum atomic E-state index is 12.5. The van der Waals surface area contributed by atoms with Gasteiger partial charge in [-0.15, -0.1) is 0 Å². The van der Waals surface area contributed by atoms with E-state index in [-0.39, 0.29) is 12.8 Å². The van der Waals surface area contributed by atoms with Crippen molar-refractivity contribution in [2.45, 2.75) is 25.5 Å². The zero-order valence-corrected chi connectivity index (χ0v) is 22.0. The molecule has 40 heavy (non-hydrogen) atoms. The number of carboxylic acids is 1. The van der Waals surface area contributed by atoms with Crippen molar-refractivity contribution in [2.24, 2.45) is 5.73 Å². The molecule has 0 heterocycles. The predicted octanol–water partition coefficient (Wildman–Crippen LogP) is 5.06. The Morgan fingerprint density at radius 3 is 2.05 bits per heavy atom. The minimum atomic E-state index is -1.22. The second-order valence-corrected chi connectivity index (χ2v) is 9.19. The maximum absolute atomic E-state index is 12.5. The molecule has 0 saturated carbocycles. The summed E-state index contributed by atoms with van der Waals surface area (Å²) in [5, 5.41) is 11.7. The van der Waals surface area contributed by atoms with Gasteiger partial charge in [0.05, 0.1) is 7.11 Å². The van der Waals surface area contributed by atoms with Crippen molar-refractivity contribution in [2.75, 3.05) is 7.11 Å². The zero-order chi connectivity index (χ0) is 28.5. The first kappa shape index (κ1) is 27.9. The quantitative estimate of drug-likeness (QED) is 0.231. The average molecular weight is 539 g/mol. The fourth-order valence-corrected chi connectivity index (χ4v) is 4.15. The molecule has 0 aliphatic rings. The van der Waals surface area contributed by atoms with Crippen molar-refractivity contribution in [3.05, 3.63) is 108 Å². The lowest BCUT2D eigenvalue weighted by Gasteiger charge is -2.14. The average Bonchev–Trinajstić information content (AvgIpc) is 2.98. The van der Waals surface area contributed by atoms with E-state index in [9.17, 15) is 19.5 Å². The van der Waals surface area contributed by atoms with E-state index in [0.29, 0.717) is 12.2 Å². The summed E-state index contributed by atoms with van der Waals surface area (Å²) in [6, 6.07) is 29.3. The standard InChI is InChI=1S/C32H30N2O6/c1-39-28-7-3-6-26(19-28)25-5-2-4-21(18-25)20-40-27-14-12-23(13-15-27)22-8-10-24(11-9-22)31(36)34-29(32(37)38)16-17-30(33)35/h2-15,18-19,29H,16-17,20H2,1H3,(H2,33,35)(H,34,36)(H,37,38)/t29-/m0/s1. The van der Waals surface area contributed by atoms with Gasteiger partial charge in [-0.3, -0.25) is 9.59 Å². The molecule has 1 atom stereocenters. The van der Waals surface area contributed by atoms with Crippen LogP contribution in [0.15, 0.2) is 97.1 Å². The van der Waals surface area contributed by atoms with Crippen LogP contribution in [0.2, 0.25) is 0 Å². The molecule has 8 heteroatoms. The van der Waals surface area contributed by atoms with Crippen LogP contribution in [0.3, 0.4) is 0 Å². The molecule has 0 bridgehead atoms. The molecule has 0 aromatic heterocycles. The van der Waals surface area contributed by atoms with Gasteiger partial charge in [0.1, 0.15) is 24.1 Å². The number of carbonyl (C=O) groups excluding carboxylic acids is 2. The number of primary amides is 1. The van der Waals surface area contributed by atoms with Crippen molar-refractivity contribution in [1.82, 2.24) is 5.32 Å². The first-order valence-electron chi connectivity index (χ1n) is 12.7. The molecule has 0 saturated heterocycles. The number of amides is 2. The van der Waals surface area contributed by atoms with Gasteiger partial charge in [-0.05, 0) is 76.7 Å². The van der Waals surface area contributed by atoms with Crippen LogP contribution in [0.25, 0.3) is 22.3 Å². The third-order valence-corrected chi connectivity index (χ3v) is 6.35. The molecule has 4 N–H and O–H groups in total. The van der Waals surface area contributed by atoms with Crippen molar-refractivity contribution in [3.8, 4) is 33.8 Å². The number of carboxylic acid groups (broad SMARTS) is 1. The lowest BCUT2D eigenvalue weighted by Crippen LogP contribution is -2.41. The number of hydrogen-bond acceptors (Lipinski definition) is 5. The van der Waals surface area contributed by atoms with Gasteiger partial charge < -0.3 is 25.6 Å². The Balaban J connectivity index is 1.35. The molecular formula is C32H30N2O6. The summed E-state index contributed by atoms with van der Waals surface area (Å²) in [7, 11) is 1.65. The van der Waals surface area contributed by atoms with Gasteiger partial charge in [-0.25, -0.2) is 4.79 Å². The number of ether oxygens (including phenoxy) is 2. The molecule has 4 aromatic carbocycles. The minimum absolute atomic E-state index is 0.0728. The highest BCUT2D eigenvalue weighted by molar-refractivity contribution is 5.97. The van der Waals surface area contributed by atoms with E-state index in [1.807, 2.05) is 60.7 Å². The number of nitrogens with two attached hydrogens (primary N) is 1. The Kier molecular flexibility index (Phi) is 9.15. The normalized spacial score (nSPS) is 11.3. The lowest BCUT2D eigenvalue weighted by atomic mass is 10.0. The SMILES string of the molecule is COc1cccc(-c2cccc(COc3ccc(-c4ccc(C(=O)N[C@@H](CCC(N)=O)C(=O)O)cc4)cc3)c2)c1. The summed E-state index contributed by atoms with van der Waals surface area (Å²) < 4.78 is 11.3. The predicted molar refractivity (Wildman–Crippen MR) is 152 cm³/mol. The molecule has 0 aliphatic carbocycles. The fraction of sp³-hybridized carbons (Fsp3) is 0.156. The van der Waals surface area contributed by atoms with Crippen LogP contribution in [0, 0.1) is 0 Å². The van der Waals surface area contributed by atoms with E-state index in [1.54, 1.807) is 31.4 Å². The molecule has 0 radical (unpaired) electrons. The Morgan fingerprint density at radius 2 is 1.43 bits per heavy atom. The smallest absolute Gasteiger partial charge is 0.326 e. The highest BCUT2D eigenvalue weighted by Gasteiger charge is 2.21. The Bertz CT molecular complexity index is 1480. The second-order valence-electron chi connectivity index (χ2n) is 9.19. The summed E-state index contributed by atoms with van der Waals surface area (Å²) in [4.78, 5) is 34.9. The van der Waals surface area contributed by atoms with E-state index >= 15 is 0 Å². The third kappa shape index (κ3) is 7.48. The molecular weight excluding hydrogens is 508 g/mol. The van der Waals surface area contributed by atoms with Crippen LogP contribution in [0.5, 0.6) is 11.5 Å². The molecule has 0 spiro atoms. The fourth-order valence-electron chi connectivity index (χ4n) is 4.15. The minimum Gasteiger partial charge on any atom is -0.497 e. The van der Waals surface area contributed by atoms with Crippen LogP contribution < -0.4 is 20.5 Å². The van der Waals surface area contributed by atoms with Gasteiger partial charge in [-0.1, -0.05) is 54.6 Å². The second kappa shape index (κ2) is 13.1. The van der Waals surface area contributed by atoms with E-state index in [4.69, 9.17) is 15.2 Å². The van der Waals surface area contributed by atoms with Crippen molar-refractivity contribution in [1.29, 1.82) is 0 Å². The van der Waals surface area contributed by atoms with Crippen LogP contribution in [-0.2, 0) is 16.2 Å². The van der Waals surface area contributed by atoms with E-state index < -0.39 is 23.8 Å². The van der Waals surface area contributed by atoms with Crippen molar-refractivity contribution in [3.63, 3.8) is 0 Å². The first-order valence-corrected chi connectivity index (χ1v) is 12.7. The molecule has 2 amide bonds. The molecule has 0 fully saturated rings. The van der Waals surface area contributed by atoms with E-state index in [1.165, 1.54) is 0 Å². The van der Waals surface area contributed by atoms with E-state index in [2.05, 4.69) is 17.4 Å². The number of carbonyl (C=O) groups is 3. The highest BCUT2D eigenvalue weighted by Crippen LogP contribution is 2.26. The third-order valence-electron chi connectivity index (χ3n) is 6.35. The van der Waals surface area contributed by atoms with Crippen LogP contribution >= 0.6 is 0 Å². The van der Waals surface area contributed by atoms with Crippen LogP contribution in [-0.4, -0.2) is 36.0 Å². The molecule has 8 nitrogen and oxygen atoms in total. The number of nitrogens with one attached hydrogen (secondary N) is 1. The monoisotopic (exact) mass is 538 g/mol. The number of aliphatic carboxylic acids is 1. The zero-order valence-electron chi connectivity index (χ0n) is 22.0. The van der Waals surface area contributed by atoms with Crippen molar-refractivity contribution < 1.29 is 29.0 Å². The Hall–Kier alpha value is -5.11.